The molecule has 0 radical (unpaired) electrons. The maximum atomic E-state index is 11.6. The van der Waals surface area contributed by atoms with Crippen molar-refractivity contribution in [3.8, 4) is 0 Å². The Bertz CT molecular complexity index is 281. The van der Waals surface area contributed by atoms with Crippen LogP contribution in [0.5, 0.6) is 0 Å². The number of piperidine rings is 1. The van der Waals surface area contributed by atoms with Crippen molar-refractivity contribution >= 4 is 24.2 Å². The molecule has 0 aromatic heterocycles. The Balaban J connectivity index is 0.00000128. The second kappa shape index (κ2) is 5.50. The minimum absolute atomic E-state index is 0. The zero-order chi connectivity index (χ0) is 10.8. The van der Waals surface area contributed by atoms with Crippen molar-refractivity contribution in [2.24, 2.45) is 5.92 Å². The fraction of sp³-hybridized carbons (Fsp3) is 0.800. The number of carbonyl (C=O) groups is 2. The highest BCUT2D eigenvalue weighted by atomic mass is 35.5. The predicted molar refractivity (Wildman–Crippen MR) is 62.4 cm³/mol. The van der Waals surface area contributed by atoms with Crippen LogP contribution in [0, 0.1) is 5.92 Å². The van der Waals surface area contributed by atoms with E-state index in [1.54, 1.807) is 11.9 Å². The third-order valence-corrected chi connectivity index (χ3v) is 3.13. The Morgan fingerprint density at radius 3 is 2.69 bits per heavy atom. The first-order valence-corrected chi connectivity index (χ1v) is 5.42. The molecule has 0 spiro atoms. The minimum atomic E-state index is 0. The molecule has 2 amide bonds. The third-order valence-electron chi connectivity index (χ3n) is 3.13. The van der Waals surface area contributed by atoms with Gasteiger partial charge in [-0.1, -0.05) is 0 Å². The summed E-state index contributed by atoms with van der Waals surface area (Å²) in [6.45, 7) is 2.21. The largest absolute Gasteiger partial charge is 0.351 e. The Morgan fingerprint density at radius 1 is 1.50 bits per heavy atom. The van der Waals surface area contributed by atoms with Gasteiger partial charge in [-0.25, -0.2) is 0 Å². The van der Waals surface area contributed by atoms with Gasteiger partial charge in [0.05, 0.1) is 5.92 Å². The van der Waals surface area contributed by atoms with Gasteiger partial charge in [-0.05, 0) is 6.42 Å². The van der Waals surface area contributed by atoms with E-state index in [1.165, 1.54) is 0 Å². The number of hydrogen-bond donors (Lipinski definition) is 2. The van der Waals surface area contributed by atoms with E-state index in [0.717, 1.165) is 19.5 Å². The predicted octanol–water partition coefficient (Wildman–Crippen LogP) is -0.635. The van der Waals surface area contributed by atoms with Gasteiger partial charge in [0.15, 0.2) is 0 Å². The molecule has 2 aliphatic heterocycles. The number of likely N-dealkylation sites (N-methyl/N-ethyl adjacent to an activating group) is 1. The fourth-order valence-corrected chi connectivity index (χ4v) is 1.92. The van der Waals surface area contributed by atoms with Crippen molar-refractivity contribution in [3.05, 3.63) is 0 Å². The van der Waals surface area contributed by atoms with Gasteiger partial charge in [-0.3, -0.25) is 9.59 Å². The number of amides is 2. The monoisotopic (exact) mass is 247 g/mol. The van der Waals surface area contributed by atoms with Crippen molar-refractivity contribution in [2.75, 3.05) is 26.7 Å². The Labute approximate surface area is 101 Å². The molecule has 0 saturated carbocycles. The number of rotatable bonds is 2. The third kappa shape index (κ3) is 2.86. The van der Waals surface area contributed by atoms with E-state index < -0.39 is 0 Å². The molecule has 2 aliphatic rings. The lowest BCUT2D eigenvalue weighted by Gasteiger charge is -2.33. The van der Waals surface area contributed by atoms with Gasteiger partial charge in [0.25, 0.3) is 0 Å². The first-order valence-electron chi connectivity index (χ1n) is 5.42. The summed E-state index contributed by atoms with van der Waals surface area (Å²) in [5.41, 5.74) is 0. The van der Waals surface area contributed by atoms with Gasteiger partial charge in [0.2, 0.25) is 11.8 Å². The van der Waals surface area contributed by atoms with Crippen LogP contribution in [0.3, 0.4) is 0 Å². The van der Waals surface area contributed by atoms with Gasteiger partial charge < -0.3 is 15.5 Å². The van der Waals surface area contributed by atoms with Crippen molar-refractivity contribution < 1.29 is 9.59 Å². The number of nitrogens with zero attached hydrogens (tertiary/aromatic N) is 1. The summed E-state index contributed by atoms with van der Waals surface area (Å²) < 4.78 is 0. The lowest BCUT2D eigenvalue weighted by Crippen LogP contribution is -2.55. The molecule has 2 saturated heterocycles. The number of hydrogen-bond acceptors (Lipinski definition) is 3. The topological polar surface area (TPSA) is 61.4 Å². The summed E-state index contributed by atoms with van der Waals surface area (Å²) in [6, 6.07) is 0.140. The van der Waals surface area contributed by atoms with Gasteiger partial charge in [-0.2, -0.15) is 0 Å². The van der Waals surface area contributed by atoms with Gasteiger partial charge in [0.1, 0.15) is 0 Å². The number of nitrogens with one attached hydrogen (secondary N) is 2. The molecule has 2 fully saturated rings. The van der Waals surface area contributed by atoms with E-state index in [0.29, 0.717) is 13.0 Å². The maximum absolute atomic E-state index is 11.6. The van der Waals surface area contributed by atoms with E-state index in [9.17, 15) is 9.59 Å². The molecular formula is C10H18ClN3O2. The van der Waals surface area contributed by atoms with E-state index >= 15 is 0 Å². The standard InChI is InChI=1S/C10H17N3O2.ClH/c1-13-6-8(2-3-9(13)14)12-10(15)7-4-11-5-7;/h7-8,11H,2-6H2,1H3,(H,12,15);1H. The summed E-state index contributed by atoms with van der Waals surface area (Å²) in [6.07, 6.45) is 1.32. The molecule has 0 aliphatic carbocycles. The minimum Gasteiger partial charge on any atom is -0.351 e. The quantitative estimate of drug-likeness (QED) is 0.683. The molecule has 6 heteroatoms. The van der Waals surface area contributed by atoms with Crippen molar-refractivity contribution in [3.63, 3.8) is 0 Å². The van der Waals surface area contributed by atoms with Crippen LogP contribution in [-0.4, -0.2) is 49.4 Å². The fourth-order valence-electron chi connectivity index (χ4n) is 1.92. The zero-order valence-corrected chi connectivity index (χ0v) is 10.2. The summed E-state index contributed by atoms with van der Waals surface area (Å²) in [5, 5.41) is 6.07. The average molecular weight is 248 g/mol. The van der Waals surface area contributed by atoms with Crippen LogP contribution in [0.2, 0.25) is 0 Å². The molecule has 16 heavy (non-hydrogen) atoms. The molecule has 2 N–H and O–H groups in total. The average Bonchev–Trinajstić information content (AvgIpc) is 2.08. The van der Waals surface area contributed by atoms with Gasteiger partial charge in [-0.15, -0.1) is 12.4 Å². The lowest BCUT2D eigenvalue weighted by molar-refractivity contribution is -0.135. The number of likely N-dealkylation sites (tertiary alicyclic amines) is 1. The number of halogens is 1. The first-order chi connectivity index (χ1) is 7.16. The first kappa shape index (κ1) is 13.3. The second-order valence-electron chi connectivity index (χ2n) is 4.37. The molecule has 92 valence electrons. The Morgan fingerprint density at radius 2 is 2.19 bits per heavy atom. The van der Waals surface area contributed by atoms with E-state index in [4.69, 9.17) is 0 Å². The van der Waals surface area contributed by atoms with Gasteiger partial charge in [0, 0.05) is 39.1 Å². The molecule has 0 aromatic carbocycles. The molecule has 0 aromatic rings. The van der Waals surface area contributed by atoms with Crippen LogP contribution in [0.15, 0.2) is 0 Å². The summed E-state index contributed by atoms with van der Waals surface area (Å²) in [7, 11) is 1.78. The normalized spacial score (nSPS) is 25.7. The van der Waals surface area contributed by atoms with Crippen LogP contribution in [0.1, 0.15) is 12.8 Å². The molecule has 2 heterocycles. The molecule has 0 bridgehead atoms. The smallest absolute Gasteiger partial charge is 0.225 e. The molecule has 2 rings (SSSR count). The van der Waals surface area contributed by atoms with E-state index in [1.807, 2.05) is 0 Å². The van der Waals surface area contributed by atoms with Crippen LogP contribution >= 0.6 is 12.4 Å². The Hall–Kier alpha value is -0.810. The zero-order valence-electron chi connectivity index (χ0n) is 9.36. The molecular weight excluding hydrogens is 230 g/mol. The van der Waals surface area contributed by atoms with E-state index in [2.05, 4.69) is 10.6 Å². The van der Waals surface area contributed by atoms with Gasteiger partial charge >= 0.3 is 0 Å². The Kier molecular flexibility index (Phi) is 4.56. The second-order valence-corrected chi connectivity index (χ2v) is 4.37. The SMILES string of the molecule is CN1CC(NC(=O)C2CNC2)CCC1=O.Cl. The van der Waals surface area contributed by atoms with Crippen LogP contribution in [-0.2, 0) is 9.59 Å². The molecule has 1 unspecified atom stereocenters. The summed E-state index contributed by atoms with van der Waals surface area (Å²) in [5.74, 6) is 0.431. The highest BCUT2D eigenvalue weighted by Crippen LogP contribution is 2.11. The molecule has 5 nitrogen and oxygen atoms in total. The highest BCUT2D eigenvalue weighted by Gasteiger charge is 2.29. The maximum Gasteiger partial charge on any atom is 0.225 e. The van der Waals surface area contributed by atoms with Crippen LogP contribution < -0.4 is 10.6 Å². The van der Waals surface area contributed by atoms with Crippen LogP contribution in [0.25, 0.3) is 0 Å². The van der Waals surface area contributed by atoms with Crippen molar-refractivity contribution in [1.82, 2.24) is 15.5 Å². The van der Waals surface area contributed by atoms with E-state index in [-0.39, 0.29) is 36.2 Å². The summed E-state index contributed by atoms with van der Waals surface area (Å²) in [4.78, 5) is 24.5. The van der Waals surface area contributed by atoms with Crippen molar-refractivity contribution in [1.29, 1.82) is 0 Å². The lowest BCUT2D eigenvalue weighted by atomic mass is 10.00. The summed E-state index contributed by atoms with van der Waals surface area (Å²) >= 11 is 0. The highest BCUT2D eigenvalue weighted by molar-refractivity contribution is 5.85. The molecule has 1 atom stereocenters. The van der Waals surface area contributed by atoms with Crippen LogP contribution in [0.4, 0.5) is 0 Å². The number of carbonyl (C=O) groups excluding carboxylic acids is 2. The van der Waals surface area contributed by atoms with Crippen molar-refractivity contribution in [2.45, 2.75) is 18.9 Å².